The van der Waals surface area contributed by atoms with Gasteiger partial charge in [-0.25, -0.2) is 0 Å². The standard InChI is InChI=1S/C29H39NO5/c1-18-9-8-12-22-14-21(17-31)19(2)26-23(13-20-10-6-5-7-11-20)30-27(33)29(22,26)24(32)15-25(35-4)28(3,34)16-18/h5-8,10-12,14,18-19,22-23,25-26,31,34H,9,13,15-17H2,1-4H3,(H,30,33)/b12-8+/t18?,19-,22+,23+,25?,26+,28?,29+/m1/s1. The Morgan fingerprint density at radius 1 is 1.17 bits per heavy atom. The quantitative estimate of drug-likeness (QED) is 0.453. The van der Waals surface area contributed by atoms with E-state index in [1.54, 1.807) is 6.92 Å². The van der Waals surface area contributed by atoms with Crippen LogP contribution in [0.25, 0.3) is 0 Å². The maximum Gasteiger partial charge on any atom is 0.235 e. The van der Waals surface area contributed by atoms with Gasteiger partial charge in [-0.15, -0.1) is 0 Å². The van der Waals surface area contributed by atoms with E-state index >= 15 is 0 Å². The van der Waals surface area contributed by atoms with Crippen molar-refractivity contribution in [2.24, 2.45) is 29.1 Å². The lowest BCUT2D eigenvalue weighted by molar-refractivity contribution is -0.152. The lowest BCUT2D eigenvalue weighted by Crippen LogP contribution is -2.55. The molecule has 190 valence electrons. The molecule has 2 aliphatic carbocycles. The van der Waals surface area contributed by atoms with Crippen molar-refractivity contribution >= 4 is 11.7 Å². The summed E-state index contributed by atoms with van der Waals surface area (Å²) in [6.45, 7) is 5.70. The van der Waals surface area contributed by atoms with E-state index < -0.39 is 23.0 Å². The number of allylic oxidation sites excluding steroid dienone is 3. The van der Waals surface area contributed by atoms with E-state index in [0.29, 0.717) is 19.3 Å². The maximum atomic E-state index is 14.3. The van der Waals surface area contributed by atoms with Crippen LogP contribution in [-0.4, -0.2) is 53.4 Å². The molecule has 0 bridgehead atoms. The van der Waals surface area contributed by atoms with Crippen molar-refractivity contribution in [1.82, 2.24) is 5.32 Å². The van der Waals surface area contributed by atoms with E-state index in [4.69, 9.17) is 4.74 Å². The number of carbonyl (C=O) groups is 2. The zero-order chi connectivity index (χ0) is 25.4. The van der Waals surface area contributed by atoms with E-state index in [-0.39, 0.29) is 48.5 Å². The summed E-state index contributed by atoms with van der Waals surface area (Å²) in [5.41, 5.74) is -0.561. The molecule has 1 fully saturated rings. The molecule has 0 aromatic heterocycles. The molecule has 4 rings (SSSR count). The number of benzene rings is 1. The van der Waals surface area contributed by atoms with E-state index in [2.05, 4.69) is 12.2 Å². The Balaban J connectivity index is 1.85. The van der Waals surface area contributed by atoms with Crippen LogP contribution in [-0.2, 0) is 20.7 Å². The molecule has 0 radical (unpaired) electrons. The molecular formula is C29H39NO5. The molecule has 6 nitrogen and oxygen atoms in total. The topological polar surface area (TPSA) is 95.9 Å². The molecule has 1 aromatic rings. The number of rotatable bonds is 4. The molecule has 1 heterocycles. The van der Waals surface area contributed by atoms with Gasteiger partial charge in [-0.1, -0.05) is 62.4 Å². The normalized spacial score (nSPS) is 40.7. The van der Waals surface area contributed by atoms with Crippen molar-refractivity contribution in [3.8, 4) is 0 Å². The second-order valence-electron chi connectivity index (χ2n) is 11.1. The Morgan fingerprint density at radius 2 is 1.89 bits per heavy atom. The van der Waals surface area contributed by atoms with Crippen LogP contribution in [0.3, 0.4) is 0 Å². The number of aliphatic hydroxyl groups is 2. The van der Waals surface area contributed by atoms with Crippen LogP contribution in [0.5, 0.6) is 0 Å². The number of Topliss-reactive ketones (excluding diaryl/α,β-unsaturated/α-hetero) is 1. The van der Waals surface area contributed by atoms with Crippen molar-refractivity contribution in [2.45, 2.75) is 64.2 Å². The highest BCUT2D eigenvalue weighted by molar-refractivity contribution is 6.09. The summed E-state index contributed by atoms with van der Waals surface area (Å²) in [5.74, 6) is -1.24. The molecule has 1 saturated heterocycles. The molecule has 1 aromatic carbocycles. The van der Waals surface area contributed by atoms with Gasteiger partial charge in [0.05, 0.1) is 18.3 Å². The summed E-state index contributed by atoms with van der Waals surface area (Å²) in [7, 11) is 1.52. The first-order valence-electron chi connectivity index (χ1n) is 12.8. The molecule has 0 saturated carbocycles. The van der Waals surface area contributed by atoms with E-state index in [0.717, 1.165) is 11.1 Å². The van der Waals surface area contributed by atoms with Crippen molar-refractivity contribution < 1.29 is 24.5 Å². The minimum atomic E-state index is -1.31. The maximum absolute atomic E-state index is 14.3. The molecule has 3 aliphatic rings. The smallest absolute Gasteiger partial charge is 0.235 e. The van der Waals surface area contributed by atoms with Crippen molar-refractivity contribution in [2.75, 3.05) is 13.7 Å². The molecule has 1 amide bonds. The van der Waals surface area contributed by atoms with Crippen LogP contribution in [0.2, 0.25) is 0 Å². The molecule has 35 heavy (non-hydrogen) atoms. The molecule has 3 unspecified atom stereocenters. The number of hydrogen-bond acceptors (Lipinski definition) is 5. The second kappa shape index (κ2) is 10.00. The zero-order valence-electron chi connectivity index (χ0n) is 21.2. The highest BCUT2D eigenvalue weighted by atomic mass is 16.5. The largest absolute Gasteiger partial charge is 0.392 e. The highest BCUT2D eigenvalue weighted by Crippen LogP contribution is 2.55. The number of amides is 1. The monoisotopic (exact) mass is 481 g/mol. The van der Waals surface area contributed by atoms with Crippen LogP contribution in [0.1, 0.15) is 45.6 Å². The summed E-state index contributed by atoms with van der Waals surface area (Å²) in [4.78, 5) is 28.2. The van der Waals surface area contributed by atoms with E-state index in [1.165, 1.54) is 7.11 Å². The Labute approximate surface area is 208 Å². The summed E-state index contributed by atoms with van der Waals surface area (Å²) >= 11 is 0. The van der Waals surface area contributed by atoms with Crippen LogP contribution in [0.4, 0.5) is 0 Å². The average Bonchev–Trinajstić information content (AvgIpc) is 3.11. The third-order valence-electron chi connectivity index (χ3n) is 8.63. The summed E-state index contributed by atoms with van der Waals surface area (Å²) < 4.78 is 5.67. The van der Waals surface area contributed by atoms with Crippen LogP contribution in [0, 0.1) is 29.1 Å². The number of methoxy groups -OCH3 is 1. The average molecular weight is 482 g/mol. The van der Waals surface area contributed by atoms with Crippen LogP contribution in [0.15, 0.2) is 54.1 Å². The number of ketones is 1. The fourth-order valence-corrected chi connectivity index (χ4v) is 6.93. The third kappa shape index (κ3) is 4.52. The molecule has 1 spiro atoms. The van der Waals surface area contributed by atoms with Crippen molar-refractivity contribution in [1.29, 1.82) is 0 Å². The minimum absolute atomic E-state index is 0.0441. The predicted molar refractivity (Wildman–Crippen MR) is 134 cm³/mol. The summed E-state index contributed by atoms with van der Waals surface area (Å²) in [6.07, 6.45) is 6.99. The second-order valence-corrected chi connectivity index (χ2v) is 11.1. The molecule has 8 atom stereocenters. The van der Waals surface area contributed by atoms with Gasteiger partial charge in [-0.2, -0.15) is 0 Å². The Hall–Kier alpha value is -2.28. The fourth-order valence-electron chi connectivity index (χ4n) is 6.93. The molecule has 6 heteroatoms. The van der Waals surface area contributed by atoms with Gasteiger partial charge in [0.1, 0.15) is 5.41 Å². The van der Waals surface area contributed by atoms with Gasteiger partial charge < -0.3 is 20.3 Å². The van der Waals surface area contributed by atoms with Gasteiger partial charge in [0.2, 0.25) is 5.91 Å². The number of aliphatic hydroxyl groups excluding tert-OH is 1. The van der Waals surface area contributed by atoms with Gasteiger partial charge >= 0.3 is 0 Å². The molecular weight excluding hydrogens is 442 g/mol. The minimum Gasteiger partial charge on any atom is -0.392 e. The van der Waals surface area contributed by atoms with E-state index in [1.807, 2.05) is 55.5 Å². The first-order chi connectivity index (χ1) is 16.6. The van der Waals surface area contributed by atoms with Gasteiger partial charge in [0, 0.05) is 31.4 Å². The van der Waals surface area contributed by atoms with Crippen molar-refractivity contribution in [3.63, 3.8) is 0 Å². The zero-order valence-corrected chi connectivity index (χ0v) is 21.2. The lowest BCUT2D eigenvalue weighted by Gasteiger charge is -2.45. The Kier molecular flexibility index (Phi) is 7.37. The first kappa shape index (κ1) is 25.8. The van der Waals surface area contributed by atoms with Crippen LogP contribution >= 0.6 is 0 Å². The van der Waals surface area contributed by atoms with Gasteiger partial charge in [0.25, 0.3) is 0 Å². The Morgan fingerprint density at radius 3 is 2.54 bits per heavy atom. The third-order valence-corrected chi connectivity index (χ3v) is 8.63. The highest BCUT2D eigenvalue weighted by Gasteiger charge is 2.65. The predicted octanol–water partition coefficient (Wildman–Crippen LogP) is 3.23. The number of nitrogens with one attached hydrogen (secondary N) is 1. The lowest BCUT2D eigenvalue weighted by atomic mass is 9.54. The summed E-state index contributed by atoms with van der Waals surface area (Å²) in [6, 6.07) is 9.72. The van der Waals surface area contributed by atoms with Gasteiger partial charge in [-0.3, -0.25) is 9.59 Å². The Bertz CT molecular complexity index is 1000. The first-order valence-corrected chi connectivity index (χ1v) is 12.8. The fraction of sp³-hybridized carbons (Fsp3) is 0.586. The van der Waals surface area contributed by atoms with Gasteiger partial charge in [-0.05, 0) is 49.2 Å². The summed E-state index contributed by atoms with van der Waals surface area (Å²) in [5, 5.41) is 24.7. The number of hydrogen-bond donors (Lipinski definition) is 3. The van der Waals surface area contributed by atoms with E-state index in [9.17, 15) is 19.8 Å². The molecule has 1 aliphatic heterocycles. The van der Waals surface area contributed by atoms with Gasteiger partial charge in [0.15, 0.2) is 5.78 Å². The number of ether oxygens (including phenoxy) is 1. The molecule has 3 N–H and O–H groups in total. The number of carbonyl (C=O) groups excluding carboxylic acids is 2. The SMILES string of the molecule is COC1CC(=O)[C@]23C(=O)N[C@@H](Cc4ccccc4)[C@@H]2[C@H](C)C(CO)=C[C@@H]3/C=C/CC(C)CC1(C)O. The van der Waals surface area contributed by atoms with Crippen LogP contribution < -0.4 is 5.32 Å². The van der Waals surface area contributed by atoms with Crippen molar-refractivity contribution in [3.05, 3.63) is 59.7 Å².